The number of rotatable bonds is 6. The molecule has 0 radical (unpaired) electrons. The Morgan fingerprint density at radius 3 is 2.77 bits per heavy atom. The standard InChI is InChI=1S/C18H26N4O3S/c1-19-13-14-8-11-22(12-9-14)17(23)7-4-10-20-18-15-5-2-3-6-16(15)26(24,25)21-18/h2-3,5-6,14,19H,4,7-13H2,1H3,(H,20,21). The first kappa shape index (κ1) is 18.8. The van der Waals surface area contributed by atoms with Gasteiger partial charge in [-0.15, -0.1) is 0 Å². The molecule has 26 heavy (non-hydrogen) atoms. The molecule has 3 rings (SSSR count). The van der Waals surface area contributed by atoms with Gasteiger partial charge >= 0.3 is 0 Å². The fourth-order valence-electron chi connectivity index (χ4n) is 3.51. The Bertz CT molecular complexity index is 783. The molecule has 2 aliphatic rings. The van der Waals surface area contributed by atoms with E-state index >= 15 is 0 Å². The molecule has 0 aliphatic carbocycles. The molecule has 142 valence electrons. The van der Waals surface area contributed by atoms with E-state index in [-0.39, 0.29) is 10.8 Å². The van der Waals surface area contributed by atoms with Gasteiger partial charge in [-0.05, 0) is 50.9 Å². The van der Waals surface area contributed by atoms with E-state index in [9.17, 15) is 13.2 Å². The maximum absolute atomic E-state index is 12.3. The molecule has 1 aromatic carbocycles. The number of likely N-dealkylation sites (tertiary alicyclic amines) is 1. The van der Waals surface area contributed by atoms with Gasteiger partial charge in [0.2, 0.25) is 5.91 Å². The average molecular weight is 378 g/mol. The predicted octanol–water partition coefficient (Wildman–Crippen LogP) is 0.963. The second-order valence-corrected chi connectivity index (χ2v) is 8.47. The highest BCUT2D eigenvalue weighted by atomic mass is 32.2. The van der Waals surface area contributed by atoms with Gasteiger partial charge in [0, 0.05) is 31.6 Å². The topological polar surface area (TPSA) is 90.9 Å². The first-order chi connectivity index (χ1) is 12.5. The van der Waals surface area contributed by atoms with E-state index in [1.165, 1.54) is 0 Å². The molecular formula is C18H26N4O3S. The van der Waals surface area contributed by atoms with E-state index in [2.05, 4.69) is 15.0 Å². The van der Waals surface area contributed by atoms with Crippen molar-refractivity contribution in [2.24, 2.45) is 10.9 Å². The van der Waals surface area contributed by atoms with E-state index < -0.39 is 10.0 Å². The normalized spacial score (nSPS) is 20.8. The minimum atomic E-state index is -3.50. The van der Waals surface area contributed by atoms with Crippen LogP contribution in [0, 0.1) is 5.92 Å². The van der Waals surface area contributed by atoms with Crippen molar-refractivity contribution in [2.45, 2.75) is 30.6 Å². The Balaban J connectivity index is 1.48. The van der Waals surface area contributed by atoms with Gasteiger partial charge in [0.05, 0.1) is 4.90 Å². The van der Waals surface area contributed by atoms with Crippen molar-refractivity contribution in [1.82, 2.24) is 14.9 Å². The lowest BCUT2D eigenvalue weighted by Crippen LogP contribution is -2.40. The lowest BCUT2D eigenvalue weighted by molar-refractivity contribution is -0.132. The molecular weight excluding hydrogens is 352 g/mol. The van der Waals surface area contributed by atoms with Gasteiger partial charge in [-0.3, -0.25) is 14.5 Å². The number of nitrogens with one attached hydrogen (secondary N) is 2. The van der Waals surface area contributed by atoms with E-state index in [0.717, 1.165) is 32.5 Å². The number of aliphatic imine (C=N–C) groups is 1. The summed E-state index contributed by atoms with van der Waals surface area (Å²) in [4.78, 5) is 18.9. The zero-order valence-electron chi connectivity index (χ0n) is 15.1. The van der Waals surface area contributed by atoms with Crippen LogP contribution in [0.3, 0.4) is 0 Å². The number of carbonyl (C=O) groups excluding carboxylic acids is 1. The first-order valence-corrected chi connectivity index (χ1v) is 10.6. The fourth-order valence-corrected chi connectivity index (χ4v) is 4.76. The number of benzene rings is 1. The number of sulfonamides is 1. The predicted molar refractivity (Wildman–Crippen MR) is 101 cm³/mol. The van der Waals surface area contributed by atoms with E-state index in [1.807, 2.05) is 11.9 Å². The van der Waals surface area contributed by atoms with Crippen LogP contribution >= 0.6 is 0 Å². The molecule has 1 aromatic rings. The van der Waals surface area contributed by atoms with Gasteiger partial charge < -0.3 is 10.2 Å². The van der Waals surface area contributed by atoms with Crippen molar-refractivity contribution in [1.29, 1.82) is 0 Å². The Labute approximate surface area is 154 Å². The summed E-state index contributed by atoms with van der Waals surface area (Å²) in [5, 5.41) is 3.20. The number of hydrogen-bond donors (Lipinski definition) is 2. The van der Waals surface area contributed by atoms with Crippen LogP contribution in [-0.4, -0.2) is 58.3 Å². The van der Waals surface area contributed by atoms with Crippen LogP contribution in [0.5, 0.6) is 0 Å². The van der Waals surface area contributed by atoms with E-state index in [1.54, 1.807) is 24.3 Å². The number of carbonyl (C=O) groups is 1. The van der Waals surface area contributed by atoms with Crippen LogP contribution in [0.2, 0.25) is 0 Å². The summed E-state index contributed by atoms with van der Waals surface area (Å²) >= 11 is 0. The Kier molecular flexibility index (Phi) is 5.93. The highest BCUT2D eigenvalue weighted by molar-refractivity contribution is 7.90. The summed E-state index contributed by atoms with van der Waals surface area (Å²) in [6, 6.07) is 6.80. The summed E-state index contributed by atoms with van der Waals surface area (Å²) in [5.41, 5.74) is 0.602. The van der Waals surface area contributed by atoms with Crippen molar-refractivity contribution in [3.63, 3.8) is 0 Å². The minimum absolute atomic E-state index is 0.167. The molecule has 1 amide bonds. The van der Waals surface area contributed by atoms with Gasteiger partial charge in [0.1, 0.15) is 5.84 Å². The van der Waals surface area contributed by atoms with Crippen LogP contribution in [0.25, 0.3) is 0 Å². The molecule has 2 N–H and O–H groups in total. The summed E-state index contributed by atoms with van der Waals surface area (Å²) < 4.78 is 26.5. The smallest absolute Gasteiger partial charge is 0.263 e. The zero-order valence-corrected chi connectivity index (χ0v) is 15.9. The maximum atomic E-state index is 12.3. The maximum Gasteiger partial charge on any atom is 0.263 e. The quantitative estimate of drug-likeness (QED) is 0.722. The third-order valence-electron chi connectivity index (χ3n) is 4.94. The third kappa shape index (κ3) is 4.24. The monoisotopic (exact) mass is 378 g/mol. The molecule has 0 saturated carbocycles. The first-order valence-electron chi connectivity index (χ1n) is 9.10. The van der Waals surface area contributed by atoms with E-state index in [0.29, 0.717) is 36.7 Å². The van der Waals surface area contributed by atoms with Gasteiger partial charge in [-0.1, -0.05) is 12.1 Å². The zero-order chi connectivity index (χ0) is 18.6. The Morgan fingerprint density at radius 2 is 2.04 bits per heavy atom. The highest BCUT2D eigenvalue weighted by Crippen LogP contribution is 2.22. The van der Waals surface area contributed by atoms with Crippen molar-refractivity contribution in [2.75, 3.05) is 33.2 Å². The molecule has 0 bridgehead atoms. The second-order valence-electron chi connectivity index (χ2n) is 6.82. The van der Waals surface area contributed by atoms with Crippen LogP contribution < -0.4 is 10.0 Å². The van der Waals surface area contributed by atoms with Gasteiger partial charge in [-0.25, -0.2) is 8.42 Å². The molecule has 0 atom stereocenters. The highest BCUT2D eigenvalue weighted by Gasteiger charge is 2.30. The lowest BCUT2D eigenvalue weighted by Gasteiger charge is -2.32. The van der Waals surface area contributed by atoms with Gasteiger partial charge in [0.25, 0.3) is 10.0 Å². The molecule has 1 saturated heterocycles. The molecule has 2 heterocycles. The summed E-state index contributed by atoms with van der Waals surface area (Å²) in [5.74, 6) is 1.20. The van der Waals surface area contributed by atoms with Crippen molar-refractivity contribution < 1.29 is 13.2 Å². The summed E-state index contributed by atoms with van der Waals surface area (Å²) in [6.45, 7) is 3.09. The molecule has 0 spiro atoms. The van der Waals surface area contributed by atoms with Gasteiger partial charge in [0.15, 0.2) is 0 Å². The number of nitrogens with zero attached hydrogens (tertiary/aromatic N) is 2. The summed E-state index contributed by atoms with van der Waals surface area (Å²) in [7, 11) is -1.54. The minimum Gasteiger partial charge on any atom is -0.343 e. The van der Waals surface area contributed by atoms with Crippen LogP contribution in [-0.2, 0) is 14.8 Å². The summed E-state index contributed by atoms with van der Waals surface area (Å²) in [6.07, 6.45) is 3.16. The number of fused-ring (bicyclic) bond motifs is 1. The van der Waals surface area contributed by atoms with E-state index in [4.69, 9.17) is 0 Å². The third-order valence-corrected chi connectivity index (χ3v) is 6.34. The number of piperidine rings is 1. The van der Waals surface area contributed by atoms with Crippen molar-refractivity contribution in [3.05, 3.63) is 29.8 Å². The van der Waals surface area contributed by atoms with Crippen molar-refractivity contribution in [3.8, 4) is 0 Å². The SMILES string of the molecule is CNCC1CCN(C(=O)CCCN=C2NS(=O)(=O)c3ccccc32)CC1. The van der Waals surface area contributed by atoms with Gasteiger partial charge in [-0.2, -0.15) is 0 Å². The van der Waals surface area contributed by atoms with Crippen molar-refractivity contribution >= 4 is 21.8 Å². The lowest BCUT2D eigenvalue weighted by atomic mass is 9.96. The molecule has 0 unspecified atom stereocenters. The number of amides is 1. The van der Waals surface area contributed by atoms with Crippen LogP contribution in [0.1, 0.15) is 31.2 Å². The average Bonchev–Trinajstić information content (AvgIpc) is 2.90. The number of amidine groups is 1. The molecule has 7 nitrogen and oxygen atoms in total. The molecule has 8 heteroatoms. The molecule has 2 aliphatic heterocycles. The largest absolute Gasteiger partial charge is 0.343 e. The van der Waals surface area contributed by atoms with Crippen LogP contribution in [0.4, 0.5) is 0 Å². The Hall–Kier alpha value is -1.93. The Morgan fingerprint density at radius 1 is 1.31 bits per heavy atom. The second kappa shape index (κ2) is 8.18. The van der Waals surface area contributed by atoms with Crippen LogP contribution in [0.15, 0.2) is 34.2 Å². The number of hydrogen-bond acceptors (Lipinski definition) is 5. The molecule has 0 aromatic heterocycles. The fraction of sp³-hybridized carbons (Fsp3) is 0.556. The molecule has 1 fully saturated rings.